The number of carbonyl (C=O) groups is 1. The first-order chi connectivity index (χ1) is 18.6. The Morgan fingerprint density at radius 2 is 1.74 bits per heavy atom. The van der Waals surface area contributed by atoms with Crippen LogP contribution < -0.4 is 4.74 Å². The molecule has 1 amide bonds. The number of amides is 1. The zero-order chi connectivity index (χ0) is 28.2. The Morgan fingerprint density at radius 1 is 1.08 bits per heavy atom. The smallest absolute Gasteiger partial charge is 0.406 e. The third-order valence-corrected chi connectivity index (χ3v) is 6.19. The summed E-state index contributed by atoms with van der Waals surface area (Å²) in [6, 6.07) is 12.5. The number of carbonyl (C=O) groups excluding carboxylic acids is 1. The number of methoxy groups -OCH3 is 2. The van der Waals surface area contributed by atoms with E-state index in [1.54, 1.807) is 26.4 Å². The van der Waals surface area contributed by atoms with Gasteiger partial charge in [-0.2, -0.15) is 0 Å². The molecule has 0 bridgehead atoms. The summed E-state index contributed by atoms with van der Waals surface area (Å²) in [6.45, 7) is 3.45. The van der Waals surface area contributed by atoms with Crippen LogP contribution in [0.1, 0.15) is 25.8 Å². The highest BCUT2D eigenvalue weighted by Gasteiger charge is 2.39. The Hall–Kier alpha value is -3.52. The molecule has 210 valence electrons. The summed E-state index contributed by atoms with van der Waals surface area (Å²) in [6.07, 6.45) is -4.31. The van der Waals surface area contributed by atoms with E-state index in [-0.39, 0.29) is 30.4 Å². The summed E-state index contributed by atoms with van der Waals surface area (Å²) in [7, 11) is 3.16. The standard InChI is InChI=1S/C26H29F3N4O6/c1-16-22(35-3)13-23(36-4)25(37-16)39-33(17(2)34)14-18-5-7-19(8-6-18)24-30-15-32(31-24)20-9-11-21(12-10-20)38-26(27,28)29/h5-12,15-16,22-23,25H,13-14H2,1-4H3/t16-,22?,23+,25?/m0/s1. The van der Waals surface area contributed by atoms with Crippen molar-refractivity contribution in [3.05, 3.63) is 60.4 Å². The molecule has 10 nitrogen and oxygen atoms in total. The zero-order valence-electron chi connectivity index (χ0n) is 21.8. The van der Waals surface area contributed by atoms with E-state index in [4.69, 9.17) is 19.0 Å². The van der Waals surface area contributed by atoms with E-state index < -0.39 is 18.8 Å². The maximum absolute atomic E-state index is 12.4. The lowest BCUT2D eigenvalue weighted by Crippen LogP contribution is -2.51. The van der Waals surface area contributed by atoms with Crippen LogP contribution in [0.2, 0.25) is 0 Å². The normalized spacial score (nSPS) is 21.5. The van der Waals surface area contributed by atoms with Gasteiger partial charge in [0.05, 0.1) is 24.4 Å². The first kappa shape index (κ1) is 28.5. The number of nitrogens with zero attached hydrogens (tertiary/aromatic N) is 4. The molecular formula is C26H29F3N4O6. The molecule has 1 aromatic heterocycles. The van der Waals surface area contributed by atoms with Crippen LogP contribution in [0.3, 0.4) is 0 Å². The summed E-state index contributed by atoms with van der Waals surface area (Å²) in [5, 5.41) is 5.63. The minimum absolute atomic E-state index is 0.145. The molecular weight excluding hydrogens is 521 g/mol. The van der Waals surface area contributed by atoms with Gasteiger partial charge >= 0.3 is 6.36 Å². The Morgan fingerprint density at radius 3 is 2.33 bits per heavy atom. The molecule has 0 saturated carbocycles. The number of hydroxylamine groups is 2. The van der Waals surface area contributed by atoms with Crippen LogP contribution in [0.25, 0.3) is 17.1 Å². The van der Waals surface area contributed by atoms with Gasteiger partial charge in [0, 0.05) is 33.1 Å². The summed E-state index contributed by atoms with van der Waals surface area (Å²) in [4.78, 5) is 22.5. The summed E-state index contributed by atoms with van der Waals surface area (Å²) in [5.41, 5.74) is 2.01. The van der Waals surface area contributed by atoms with Gasteiger partial charge < -0.3 is 18.9 Å². The van der Waals surface area contributed by atoms with E-state index in [0.717, 1.165) is 5.56 Å². The highest BCUT2D eigenvalue weighted by atomic mass is 19.4. The third-order valence-electron chi connectivity index (χ3n) is 6.19. The molecule has 0 aliphatic carbocycles. The molecule has 13 heteroatoms. The monoisotopic (exact) mass is 550 g/mol. The van der Waals surface area contributed by atoms with Crippen LogP contribution in [0, 0.1) is 0 Å². The number of benzene rings is 2. The van der Waals surface area contributed by atoms with Crippen molar-refractivity contribution in [2.24, 2.45) is 0 Å². The molecule has 39 heavy (non-hydrogen) atoms. The van der Waals surface area contributed by atoms with Crippen molar-refractivity contribution in [2.75, 3.05) is 14.2 Å². The minimum Gasteiger partial charge on any atom is -0.406 e. The second kappa shape index (κ2) is 12.1. The van der Waals surface area contributed by atoms with E-state index in [2.05, 4.69) is 14.8 Å². The number of hydrogen-bond acceptors (Lipinski definition) is 8. The predicted octanol–water partition coefficient (Wildman–Crippen LogP) is 4.28. The van der Waals surface area contributed by atoms with Crippen molar-refractivity contribution < 1.29 is 41.8 Å². The minimum atomic E-state index is -4.76. The van der Waals surface area contributed by atoms with Gasteiger partial charge in [0.1, 0.15) is 18.2 Å². The third kappa shape index (κ3) is 7.32. The Bertz CT molecular complexity index is 1240. The fourth-order valence-electron chi connectivity index (χ4n) is 4.10. The van der Waals surface area contributed by atoms with E-state index in [1.807, 2.05) is 19.1 Å². The molecule has 3 aromatic rings. The number of alkyl halides is 3. The van der Waals surface area contributed by atoms with Crippen LogP contribution in [0.15, 0.2) is 54.9 Å². The van der Waals surface area contributed by atoms with Gasteiger partial charge in [-0.3, -0.25) is 4.79 Å². The number of aromatic nitrogens is 3. The SMILES string of the molecule is COC1C[C@@H](OC)C(ON(Cc2ccc(-c3ncn(-c4ccc(OC(F)(F)F)cc4)n3)cc2)C(C)=O)O[C@H]1C. The van der Waals surface area contributed by atoms with Gasteiger partial charge in [-0.25, -0.2) is 19.6 Å². The fourth-order valence-corrected chi connectivity index (χ4v) is 4.10. The largest absolute Gasteiger partial charge is 0.573 e. The van der Waals surface area contributed by atoms with Gasteiger partial charge in [-0.05, 0) is 36.8 Å². The van der Waals surface area contributed by atoms with E-state index in [9.17, 15) is 18.0 Å². The van der Waals surface area contributed by atoms with Crippen molar-refractivity contribution in [1.29, 1.82) is 0 Å². The van der Waals surface area contributed by atoms with Crippen LogP contribution in [-0.2, 0) is 30.4 Å². The van der Waals surface area contributed by atoms with E-state index in [0.29, 0.717) is 23.5 Å². The molecule has 4 atom stereocenters. The molecule has 2 heterocycles. The number of rotatable bonds is 9. The quantitative estimate of drug-likeness (QED) is 0.365. The summed E-state index contributed by atoms with van der Waals surface area (Å²) >= 11 is 0. The fraction of sp³-hybridized carbons (Fsp3) is 0.423. The van der Waals surface area contributed by atoms with Crippen LogP contribution in [0.5, 0.6) is 5.75 Å². The van der Waals surface area contributed by atoms with Crippen molar-refractivity contribution in [2.45, 2.75) is 57.8 Å². The van der Waals surface area contributed by atoms with Gasteiger partial charge in [0.25, 0.3) is 0 Å². The highest BCUT2D eigenvalue weighted by Crippen LogP contribution is 2.27. The van der Waals surface area contributed by atoms with Crippen LogP contribution in [0.4, 0.5) is 13.2 Å². The Kier molecular flexibility index (Phi) is 8.85. The van der Waals surface area contributed by atoms with Crippen molar-refractivity contribution in [1.82, 2.24) is 19.8 Å². The molecule has 1 fully saturated rings. The second-order valence-corrected chi connectivity index (χ2v) is 8.91. The topological polar surface area (TPSA) is 97.2 Å². The number of halogens is 3. The number of ether oxygens (including phenoxy) is 4. The average molecular weight is 551 g/mol. The number of hydrogen-bond donors (Lipinski definition) is 0. The molecule has 0 N–H and O–H groups in total. The molecule has 1 aliphatic heterocycles. The van der Waals surface area contributed by atoms with Gasteiger partial charge in [0.2, 0.25) is 12.2 Å². The molecule has 0 spiro atoms. The Labute approximate surface area is 223 Å². The summed E-state index contributed by atoms with van der Waals surface area (Å²) in [5.74, 6) is -0.213. The molecule has 1 aliphatic rings. The van der Waals surface area contributed by atoms with Crippen molar-refractivity contribution >= 4 is 5.91 Å². The first-order valence-corrected chi connectivity index (χ1v) is 12.1. The summed E-state index contributed by atoms with van der Waals surface area (Å²) < 4.78 is 59.3. The average Bonchev–Trinajstić information content (AvgIpc) is 3.39. The van der Waals surface area contributed by atoms with Gasteiger partial charge in [0.15, 0.2) is 5.82 Å². The maximum Gasteiger partial charge on any atom is 0.573 e. The van der Waals surface area contributed by atoms with Crippen molar-refractivity contribution in [3.8, 4) is 22.8 Å². The van der Waals surface area contributed by atoms with Crippen molar-refractivity contribution in [3.63, 3.8) is 0 Å². The second-order valence-electron chi connectivity index (χ2n) is 8.91. The van der Waals surface area contributed by atoms with Crippen LogP contribution >= 0.6 is 0 Å². The zero-order valence-corrected chi connectivity index (χ0v) is 21.8. The van der Waals surface area contributed by atoms with E-state index >= 15 is 0 Å². The lowest BCUT2D eigenvalue weighted by Gasteiger charge is -2.39. The lowest BCUT2D eigenvalue weighted by molar-refractivity contribution is -0.336. The lowest BCUT2D eigenvalue weighted by atomic mass is 10.0. The van der Waals surface area contributed by atoms with Crippen LogP contribution in [-0.4, -0.2) is 70.9 Å². The predicted molar refractivity (Wildman–Crippen MR) is 131 cm³/mol. The molecule has 2 aromatic carbocycles. The molecule has 0 radical (unpaired) electrons. The molecule has 2 unspecified atom stereocenters. The van der Waals surface area contributed by atoms with Gasteiger partial charge in [-0.15, -0.1) is 18.3 Å². The molecule has 1 saturated heterocycles. The maximum atomic E-state index is 12.4. The van der Waals surface area contributed by atoms with Gasteiger partial charge in [-0.1, -0.05) is 24.3 Å². The Balaban J connectivity index is 1.41. The van der Waals surface area contributed by atoms with E-state index in [1.165, 1.54) is 47.3 Å². The molecule has 4 rings (SSSR count). The highest BCUT2D eigenvalue weighted by molar-refractivity contribution is 5.72. The first-order valence-electron chi connectivity index (χ1n) is 12.1.